The molecule has 2 aliphatic heterocycles. The number of aryl methyl sites for hydroxylation is 2. The van der Waals surface area contributed by atoms with E-state index < -0.39 is 11.9 Å². The van der Waals surface area contributed by atoms with Gasteiger partial charge in [-0.05, 0) is 49.4 Å². The highest BCUT2D eigenvalue weighted by Gasteiger charge is 2.34. The van der Waals surface area contributed by atoms with Gasteiger partial charge < -0.3 is 4.90 Å². The molecule has 0 spiro atoms. The Balaban J connectivity index is 1.17. The molecule has 4 heterocycles. The van der Waals surface area contributed by atoms with Gasteiger partial charge in [-0.2, -0.15) is 18.3 Å². The number of aromatic nitrogens is 3. The predicted molar refractivity (Wildman–Crippen MR) is 131 cm³/mol. The predicted octanol–water partition coefficient (Wildman–Crippen LogP) is 5.17. The van der Waals surface area contributed by atoms with Gasteiger partial charge in [-0.3, -0.25) is 10.6 Å². The molecule has 0 saturated carbocycles. The second kappa shape index (κ2) is 9.75. The lowest BCUT2D eigenvalue weighted by Crippen LogP contribution is -2.31. The molecule has 0 radical (unpaired) electrons. The van der Waals surface area contributed by atoms with Crippen molar-refractivity contribution < 1.29 is 13.2 Å². The Bertz CT molecular complexity index is 1210. The van der Waals surface area contributed by atoms with E-state index >= 15 is 0 Å². The third kappa shape index (κ3) is 5.29. The summed E-state index contributed by atoms with van der Waals surface area (Å²) >= 11 is 1.71. The van der Waals surface area contributed by atoms with E-state index in [0.29, 0.717) is 11.6 Å². The Kier molecular flexibility index (Phi) is 6.69. The molecule has 1 atom stereocenters. The number of thiazole rings is 1. The Morgan fingerprint density at radius 1 is 1.09 bits per heavy atom. The molecular formula is C25H29F3N6S. The van der Waals surface area contributed by atoms with E-state index in [1.807, 2.05) is 6.20 Å². The summed E-state index contributed by atoms with van der Waals surface area (Å²) in [5.41, 5.74) is 4.62. The summed E-state index contributed by atoms with van der Waals surface area (Å²) in [6.45, 7) is 7.06. The van der Waals surface area contributed by atoms with Crippen molar-refractivity contribution in [3.8, 4) is 0 Å². The maximum Gasteiger partial charge on any atom is 0.435 e. The number of halogens is 3. The minimum atomic E-state index is -4.43. The van der Waals surface area contributed by atoms with Crippen LogP contribution >= 0.6 is 11.3 Å². The number of rotatable bonds is 4. The maximum atomic E-state index is 12.9. The first-order valence-electron chi connectivity index (χ1n) is 11.8. The van der Waals surface area contributed by atoms with Crippen LogP contribution in [0.5, 0.6) is 0 Å². The molecule has 10 heteroatoms. The number of piperidine rings is 1. The second-order valence-electron chi connectivity index (χ2n) is 9.24. The van der Waals surface area contributed by atoms with Crippen LogP contribution in [0.4, 0.5) is 13.2 Å². The van der Waals surface area contributed by atoms with Crippen LogP contribution in [0.2, 0.25) is 0 Å². The highest BCUT2D eigenvalue weighted by atomic mass is 32.1. The van der Waals surface area contributed by atoms with E-state index in [1.54, 1.807) is 24.5 Å². The van der Waals surface area contributed by atoms with E-state index in [2.05, 4.69) is 51.1 Å². The summed E-state index contributed by atoms with van der Waals surface area (Å²) in [4.78, 5) is 7.11. The molecule has 6 nitrogen and oxygen atoms in total. The molecule has 1 saturated heterocycles. The Hall–Kier alpha value is -2.69. The third-order valence-corrected chi connectivity index (χ3v) is 7.86. The van der Waals surface area contributed by atoms with Crippen molar-refractivity contribution in [1.82, 2.24) is 30.3 Å². The van der Waals surface area contributed by atoms with Gasteiger partial charge in [0.2, 0.25) is 0 Å². The summed E-state index contributed by atoms with van der Waals surface area (Å²) in [5, 5.41) is 14.2. The molecule has 2 aromatic heterocycles. The number of hydrogen-bond acceptors (Lipinski definition) is 6. The topological polar surface area (TPSA) is 58.0 Å². The molecule has 3 aromatic rings. The molecule has 0 amide bonds. The van der Waals surface area contributed by atoms with Gasteiger partial charge in [0.25, 0.3) is 0 Å². The van der Waals surface area contributed by atoms with Crippen LogP contribution in [0, 0.1) is 13.8 Å². The van der Waals surface area contributed by atoms with Gasteiger partial charge in [-0.1, -0.05) is 18.2 Å². The van der Waals surface area contributed by atoms with Crippen LogP contribution in [-0.2, 0) is 19.3 Å². The number of likely N-dealkylation sites (tertiary alicyclic amines) is 1. The van der Waals surface area contributed by atoms with E-state index in [0.717, 1.165) is 55.8 Å². The zero-order valence-electron chi connectivity index (χ0n) is 19.8. The molecule has 186 valence electrons. The van der Waals surface area contributed by atoms with Gasteiger partial charge in [-0.15, -0.1) is 11.3 Å². The van der Waals surface area contributed by atoms with Gasteiger partial charge >= 0.3 is 6.18 Å². The first-order valence-corrected chi connectivity index (χ1v) is 12.7. The Morgan fingerprint density at radius 2 is 1.86 bits per heavy atom. The SMILES string of the molecule is Cc1cccc2c1CNC(c1csc(C3CCN(C=Cn4nc(C(F)(F)F)cc4C)CC3)n1)NC2. The molecule has 2 N–H and O–H groups in total. The average Bonchev–Trinajstić information content (AvgIpc) is 3.40. The standard InChI is InChI=1S/C25H29F3N6S/c1-16-4-3-5-19-13-29-23(30-14-20(16)19)21-15-35-24(31-21)18-6-8-33(9-7-18)10-11-34-17(2)12-22(32-34)25(26,27)28/h3-5,10-12,15,18,23,29-30H,6-9,13-14H2,1-2H3. The molecule has 0 aliphatic carbocycles. The summed E-state index contributed by atoms with van der Waals surface area (Å²) in [6, 6.07) is 7.50. The summed E-state index contributed by atoms with van der Waals surface area (Å²) in [5.74, 6) is 0.395. The maximum absolute atomic E-state index is 12.9. The van der Waals surface area contributed by atoms with Gasteiger partial charge in [0, 0.05) is 55.6 Å². The fourth-order valence-electron chi connectivity index (χ4n) is 4.73. The fourth-order valence-corrected chi connectivity index (χ4v) is 5.75. The molecule has 2 aliphatic rings. The minimum absolute atomic E-state index is 0.0220. The lowest BCUT2D eigenvalue weighted by atomic mass is 9.98. The van der Waals surface area contributed by atoms with Gasteiger partial charge in [0.05, 0.1) is 10.7 Å². The Labute approximate surface area is 206 Å². The highest BCUT2D eigenvalue weighted by Crippen LogP contribution is 2.32. The number of fused-ring (bicyclic) bond motifs is 1. The van der Waals surface area contributed by atoms with Gasteiger partial charge in [-0.25, -0.2) is 9.67 Å². The molecule has 0 bridgehead atoms. The van der Waals surface area contributed by atoms with E-state index in [4.69, 9.17) is 4.98 Å². The second-order valence-corrected chi connectivity index (χ2v) is 10.1. The van der Waals surface area contributed by atoms with E-state index in [-0.39, 0.29) is 6.17 Å². The van der Waals surface area contributed by atoms with Crippen molar-refractivity contribution in [2.24, 2.45) is 0 Å². The van der Waals surface area contributed by atoms with Crippen LogP contribution in [0.3, 0.4) is 0 Å². The minimum Gasteiger partial charge on any atom is -0.376 e. The zero-order valence-corrected chi connectivity index (χ0v) is 20.6. The fraction of sp³-hybridized carbons (Fsp3) is 0.440. The largest absolute Gasteiger partial charge is 0.435 e. The highest BCUT2D eigenvalue weighted by molar-refractivity contribution is 7.09. The molecule has 5 rings (SSSR count). The molecule has 1 fully saturated rings. The molecular weight excluding hydrogens is 473 g/mol. The lowest BCUT2D eigenvalue weighted by Gasteiger charge is -2.30. The third-order valence-electron chi connectivity index (χ3n) is 6.83. The molecule has 1 aromatic carbocycles. The number of benzene rings is 1. The summed E-state index contributed by atoms with van der Waals surface area (Å²) < 4.78 is 39.9. The van der Waals surface area contributed by atoms with Crippen molar-refractivity contribution in [1.29, 1.82) is 0 Å². The first kappa shape index (κ1) is 24.0. The summed E-state index contributed by atoms with van der Waals surface area (Å²) in [6.07, 6.45) is 0.949. The lowest BCUT2D eigenvalue weighted by molar-refractivity contribution is -0.141. The van der Waals surface area contributed by atoms with Crippen molar-refractivity contribution in [3.63, 3.8) is 0 Å². The average molecular weight is 503 g/mol. The monoisotopic (exact) mass is 502 g/mol. The van der Waals surface area contributed by atoms with Crippen LogP contribution < -0.4 is 10.6 Å². The van der Waals surface area contributed by atoms with Crippen LogP contribution in [0.15, 0.2) is 35.8 Å². The van der Waals surface area contributed by atoms with Crippen molar-refractivity contribution >= 4 is 17.5 Å². The summed E-state index contributed by atoms with van der Waals surface area (Å²) in [7, 11) is 0. The number of nitrogens with one attached hydrogen (secondary N) is 2. The quantitative estimate of drug-likeness (QED) is 0.515. The van der Waals surface area contributed by atoms with Crippen molar-refractivity contribution in [3.05, 3.63) is 74.6 Å². The van der Waals surface area contributed by atoms with Crippen LogP contribution in [0.25, 0.3) is 6.20 Å². The Morgan fingerprint density at radius 3 is 2.60 bits per heavy atom. The first-order chi connectivity index (χ1) is 16.8. The van der Waals surface area contributed by atoms with E-state index in [1.165, 1.54) is 21.4 Å². The van der Waals surface area contributed by atoms with Crippen molar-refractivity contribution in [2.75, 3.05) is 13.1 Å². The van der Waals surface area contributed by atoms with Crippen LogP contribution in [0.1, 0.15) is 63.7 Å². The van der Waals surface area contributed by atoms with Crippen LogP contribution in [-0.4, -0.2) is 32.8 Å². The van der Waals surface area contributed by atoms with Crippen molar-refractivity contribution in [2.45, 2.75) is 58.0 Å². The van der Waals surface area contributed by atoms with Gasteiger partial charge in [0.1, 0.15) is 6.17 Å². The molecule has 1 unspecified atom stereocenters. The van der Waals surface area contributed by atoms with Gasteiger partial charge in [0.15, 0.2) is 5.69 Å². The number of nitrogens with zero attached hydrogens (tertiary/aromatic N) is 4. The number of hydrogen-bond donors (Lipinski definition) is 2. The zero-order chi connectivity index (χ0) is 24.6. The molecule has 35 heavy (non-hydrogen) atoms. The normalized spacial score (nSPS) is 19.8. The number of alkyl halides is 3. The van der Waals surface area contributed by atoms with E-state index in [9.17, 15) is 13.2 Å². The smallest absolute Gasteiger partial charge is 0.376 e.